The highest BCUT2D eigenvalue weighted by Gasteiger charge is 2.27. The molecular weight excluding hydrogens is 228 g/mol. The van der Waals surface area contributed by atoms with Crippen molar-refractivity contribution in [2.75, 3.05) is 6.61 Å². The van der Waals surface area contributed by atoms with E-state index in [0.29, 0.717) is 13.2 Å². The van der Waals surface area contributed by atoms with Gasteiger partial charge in [-0.05, 0) is 33.3 Å². The zero-order valence-electron chi connectivity index (χ0n) is 11.6. The molecule has 4 nitrogen and oxygen atoms in total. The monoisotopic (exact) mass is 250 g/mol. The van der Waals surface area contributed by atoms with E-state index < -0.39 is 0 Å². The number of rotatable bonds is 4. The molecular formula is C14H22N2O2. The third-order valence-electron chi connectivity index (χ3n) is 2.41. The fraction of sp³-hybridized carbons (Fsp3) is 0.500. The Balaban J connectivity index is 2.65. The maximum absolute atomic E-state index is 11.9. The number of hydrogen-bond donors (Lipinski definition) is 1. The number of carbonyl (C=O) groups excluding carboxylic acids is 1. The van der Waals surface area contributed by atoms with Crippen LogP contribution in [0.3, 0.4) is 0 Å². The summed E-state index contributed by atoms with van der Waals surface area (Å²) < 4.78 is 5.04. The van der Waals surface area contributed by atoms with Gasteiger partial charge in [-0.25, -0.2) is 15.2 Å². The van der Waals surface area contributed by atoms with Crippen molar-refractivity contribution in [1.29, 1.82) is 0 Å². The van der Waals surface area contributed by atoms with Crippen LogP contribution in [0.25, 0.3) is 0 Å². The first kappa shape index (κ1) is 14.5. The number of ether oxygens (including phenoxy) is 1. The van der Waals surface area contributed by atoms with Crippen LogP contribution in [-0.2, 0) is 11.3 Å². The summed E-state index contributed by atoms with van der Waals surface area (Å²) in [5.41, 5.74) is 3.91. The lowest BCUT2D eigenvalue weighted by Crippen LogP contribution is -2.53. The van der Waals surface area contributed by atoms with Gasteiger partial charge in [0.2, 0.25) is 0 Å². The quantitative estimate of drug-likeness (QED) is 0.835. The molecule has 0 aliphatic rings. The van der Waals surface area contributed by atoms with Gasteiger partial charge in [0.25, 0.3) is 0 Å². The number of benzene rings is 1. The van der Waals surface area contributed by atoms with Gasteiger partial charge in [-0.1, -0.05) is 30.3 Å². The summed E-state index contributed by atoms with van der Waals surface area (Å²) in [6, 6.07) is 9.94. The number of carbonyl (C=O) groups is 1. The highest BCUT2D eigenvalue weighted by atomic mass is 16.6. The summed E-state index contributed by atoms with van der Waals surface area (Å²) in [6.45, 7) is 8.65. The summed E-state index contributed by atoms with van der Waals surface area (Å²) in [5, 5.41) is 1.53. The molecule has 0 aliphatic carbocycles. The van der Waals surface area contributed by atoms with Crippen molar-refractivity contribution in [1.82, 2.24) is 10.4 Å². The third-order valence-corrected chi connectivity index (χ3v) is 2.41. The lowest BCUT2D eigenvalue weighted by atomic mass is 10.1. The van der Waals surface area contributed by atoms with E-state index in [9.17, 15) is 4.79 Å². The van der Waals surface area contributed by atoms with Crippen molar-refractivity contribution >= 4 is 6.09 Å². The predicted octanol–water partition coefficient (Wildman–Crippen LogP) is 2.95. The second kappa shape index (κ2) is 6.40. The Hall–Kier alpha value is -1.55. The van der Waals surface area contributed by atoms with Crippen molar-refractivity contribution in [3.8, 4) is 0 Å². The molecule has 0 radical (unpaired) electrons. The normalized spacial score (nSPS) is 11.1. The molecule has 0 bridgehead atoms. The minimum Gasteiger partial charge on any atom is -0.449 e. The average Bonchev–Trinajstić information content (AvgIpc) is 2.29. The number of nitrogens with one attached hydrogen (secondary N) is 1. The molecule has 0 saturated carbocycles. The Morgan fingerprint density at radius 2 is 1.89 bits per heavy atom. The van der Waals surface area contributed by atoms with Gasteiger partial charge >= 0.3 is 6.09 Å². The minimum absolute atomic E-state index is 0.332. The van der Waals surface area contributed by atoms with Crippen molar-refractivity contribution in [2.45, 2.75) is 39.8 Å². The van der Waals surface area contributed by atoms with Crippen LogP contribution in [0.1, 0.15) is 33.3 Å². The van der Waals surface area contributed by atoms with Crippen LogP contribution in [0.4, 0.5) is 4.79 Å². The summed E-state index contributed by atoms with van der Waals surface area (Å²) in [7, 11) is 0. The Kier molecular flexibility index (Phi) is 5.16. The van der Waals surface area contributed by atoms with Crippen LogP contribution in [0.5, 0.6) is 0 Å². The van der Waals surface area contributed by atoms with E-state index in [1.54, 1.807) is 6.92 Å². The van der Waals surface area contributed by atoms with Crippen molar-refractivity contribution in [3.63, 3.8) is 0 Å². The number of nitrogens with zero attached hydrogens (tertiary/aromatic N) is 1. The van der Waals surface area contributed by atoms with Crippen molar-refractivity contribution in [3.05, 3.63) is 35.9 Å². The van der Waals surface area contributed by atoms with E-state index in [4.69, 9.17) is 4.74 Å². The van der Waals surface area contributed by atoms with Crippen LogP contribution >= 0.6 is 0 Å². The van der Waals surface area contributed by atoms with E-state index in [2.05, 4.69) is 5.43 Å². The summed E-state index contributed by atoms with van der Waals surface area (Å²) >= 11 is 0. The molecule has 0 saturated heterocycles. The first-order chi connectivity index (χ1) is 8.45. The zero-order valence-corrected chi connectivity index (χ0v) is 11.6. The second-order valence-corrected chi connectivity index (χ2v) is 5.03. The standard InChI is InChI=1S/C14H22N2O2/c1-5-18-13(17)16(14(2,3)4)15-11-12-9-7-6-8-10-12/h6-10,15H,5,11H2,1-4H3. The molecule has 0 aromatic heterocycles. The van der Waals surface area contributed by atoms with Gasteiger partial charge in [0.15, 0.2) is 0 Å². The minimum atomic E-state index is -0.346. The number of hydrogen-bond acceptors (Lipinski definition) is 3. The molecule has 18 heavy (non-hydrogen) atoms. The molecule has 1 rings (SSSR count). The zero-order chi connectivity index (χ0) is 13.6. The number of hydrazine groups is 1. The smallest absolute Gasteiger partial charge is 0.424 e. The highest BCUT2D eigenvalue weighted by molar-refractivity contribution is 5.67. The molecule has 100 valence electrons. The lowest BCUT2D eigenvalue weighted by Gasteiger charge is -2.34. The van der Waals surface area contributed by atoms with Gasteiger partial charge in [-0.15, -0.1) is 0 Å². The van der Waals surface area contributed by atoms with Gasteiger partial charge in [-0.2, -0.15) is 0 Å². The molecule has 1 amide bonds. The first-order valence-electron chi connectivity index (χ1n) is 6.19. The molecule has 0 unspecified atom stereocenters. The molecule has 0 atom stereocenters. The topological polar surface area (TPSA) is 41.6 Å². The fourth-order valence-corrected chi connectivity index (χ4v) is 1.53. The van der Waals surface area contributed by atoms with E-state index in [1.165, 1.54) is 5.01 Å². The Labute approximate surface area is 109 Å². The van der Waals surface area contributed by atoms with Gasteiger partial charge < -0.3 is 4.74 Å². The lowest BCUT2D eigenvalue weighted by molar-refractivity contribution is 0.0397. The average molecular weight is 250 g/mol. The van der Waals surface area contributed by atoms with Gasteiger partial charge in [0, 0.05) is 6.54 Å². The van der Waals surface area contributed by atoms with Gasteiger partial charge in [0.1, 0.15) is 0 Å². The van der Waals surface area contributed by atoms with Crippen LogP contribution in [0.15, 0.2) is 30.3 Å². The Bertz CT molecular complexity index is 371. The van der Waals surface area contributed by atoms with Crippen molar-refractivity contribution in [2.24, 2.45) is 0 Å². The third kappa shape index (κ3) is 4.37. The van der Waals surface area contributed by atoms with E-state index in [0.717, 1.165) is 5.56 Å². The molecule has 0 spiro atoms. The maximum Gasteiger partial charge on any atom is 0.424 e. The molecule has 1 aromatic rings. The molecule has 1 N–H and O–H groups in total. The van der Waals surface area contributed by atoms with Crippen molar-refractivity contribution < 1.29 is 9.53 Å². The van der Waals surface area contributed by atoms with Crippen LogP contribution < -0.4 is 5.43 Å². The first-order valence-corrected chi connectivity index (χ1v) is 6.19. The SMILES string of the molecule is CCOC(=O)N(NCc1ccccc1)C(C)(C)C. The largest absolute Gasteiger partial charge is 0.449 e. The van der Waals surface area contributed by atoms with Crippen LogP contribution in [0, 0.1) is 0 Å². The summed E-state index contributed by atoms with van der Waals surface area (Å²) in [4.78, 5) is 11.9. The molecule has 4 heteroatoms. The van der Waals surface area contributed by atoms with Gasteiger partial charge in [0.05, 0.1) is 12.1 Å². The molecule has 1 aromatic carbocycles. The highest BCUT2D eigenvalue weighted by Crippen LogP contribution is 2.12. The van der Waals surface area contributed by atoms with E-state index in [1.807, 2.05) is 51.1 Å². The van der Waals surface area contributed by atoms with Crippen LogP contribution in [0.2, 0.25) is 0 Å². The fourth-order valence-electron chi connectivity index (χ4n) is 1.53. The maximum atomic E-state index is 11.9. The van der Waals surface area contributed by atoms with E-state index >= 15 is 0 Å². The molecule has 0 heterocycles. The van der Waals surface area contributed by atoms with Gasteiger partial charge in [-0.3, -0.25) is 0 Å². The molecule has 0 aliphatic heterocycles. The molecule has 0 fully saturated rings. The number of amides is 1. The summed E-state index contributed by atoms with van der Waals surface area (Å²) in [6.07, 6.45) is -0.346. The Morgan fingerprint density at radius 1 is 1.28 bits per heavy atom. The van der Waals surface area contributed by atoms with Crippen LogP contribution in [-0.4, -0.2) is 23.2 Å². The predicted molar refractivity (Wildman–Crippen MR) is 71.9 cm³/mol. The second-order valence-electron chi connectivity index (χ2n) is 5.03. The Morgan fingerprint density at radius 3 is 2.39 bits per heavy atom. The van der Waals surface area contributed by atoms with E-state index in [-0.39, 0.29) is 11.6 Å². The summed E-state index contributed by atoms with van der Waals surface area (Å²) in [5.74, 6) is 0.